The van der Waals surface area contributed by atoms with Crippen LogP contribution in [-0.4, -0.2) is 58.4 Å². The van der Waals surface area contributed by atoms with Gasteiger partial charge in [0.15, 0.2) is 0 Å². The Morgan fingerprint density at radius 2 is 2.06 bits per heavy atom. The Kier molecular flexibility index (Phi) is 7.52. The number of methoxy groups -OCH3 is 1. The van der Waals surface area contributed by atoms with Gasteiger partial charge in [-0.15, -0.1) is 0 Å². The number of nitrogens with zero attached hydrogens (tertiary/aromatic N) is 2. The minimum absolute atomic E-state index is 0.00135. The molecule has 1 aromatic heterocycles. The number of urea groups is 1. The van der Waals surface area contributed by atoms with Crippen LogP contribution in [0.5, 0.6) is 5.75 Å². The number of aliphatic hydroxyl groups excluding tert-OH is 2. The van der Waals surface area contributed by atoms with E-state index < -0.39 is 48.0 Å². The summed E-state index contributed by atoms with van der Waals surface area (Å²) in [6, 6.07) is 3.05. The molecule has 182 valence electrons. The molecule has 0 fully saturated rings. The molecule has 1 unspecified atom stereocenters. The van der Waals surface area contributed by atoms with Gasteiger partial charge in [0.25, 0.3) is 5.91 Å². The number of alkyl halides is 3. The molecule has 3 amide bonds. The largest absolute Gasteiger partial charge is 0.496 e. The maximum atomic E-state index is 14.5. The number of aromatic nitrogens is 1. The third-order valence-corrected chi connectivity index (χ3v) is 5.06. The number of aliphatic hydroxyl groups is 2. The lowest BCUT2D eigenvalue weighted by Gasteiger charge is -2.25. The molecule has 34 heavy (non-hydrogen) atoms. The molecule has 0 spiro atoms. The van der Waals surface area contributed by atoms with E-state index in [0.29, 0.717) is 5.56 Å². The van der Waals surface area contributed by atoms with Gasteiger partial charge < -0.3 is 20.3 Å². The molecule has 1 aliphatic heterocycles. The lowest BCUT2D eigenvalue weighted by molar-refractivity contribution is -0.138. The quantitative estimate of drug-likeness (QED) is 0.545. The van der Waals surface area contributed by atoms with Gasteiger partial charge in [-0.05, 0) is 35.8 Å². The Hall–Kier alpha value is -3.51. The number of halogens is 4. The van der Waals surface area contributed by atoms with Crippen LogP contribution < -0.4 is 10.1 Å². The van der Waals surface area contributed by atoms with Crippen LogP contribution in [0.4, 0.5) is 28.0 Å². The number of imide groups is 1. The fourth-order valence-corrected chi connectivity index (χ4v) is 3.39. The van der Waals surface area contributed by atoms with E-state index in [9.17, 15) is 32.3 Å². The van der Waals surface area contributed by atoms with Crippen molar-refractivity contribution in [3.05, 3.63) is 59.2 Å². The summed E-state index contributed by atoms with van der Waals surface area (Å²) in [5.74, 6) is -1.97. The number of nitrogens with one attached hydrogen (secondary N) is 1. The Morgan fingerprint density at radius 1 is 1.32 bits per heavy atom. The summed E-state index contributed by atoms with van der Waals surface area (Å²) in [6.07, 6.45) is -3.22. The predicted octanol–water partition coefficient (Wildman–Crippen LogP) is 2.99. The van der Waals surface area contributed by atoms with Gasteiger partial charge in [-0.3, -0.25) is 14.7 Å². The molecule has 0 bridgehead atoms. The first-order valence-electron chi connectivity index (χ1n) is 10.1. The van der Waals surface area contributed by atoms with E-state index in [2.05, 4.69) is 10.3 Å². The van der Waals surface area contributed by atoms with Crippen LogP contribution in [-0.2, 0) is 17.4 Å². The molecule has 3 rings (SSSR count). The maximum Gasteiger partial charge on any atom is 0.419 e. The van der Waals surface area contributed by atoms with Crippen LogP contribution in [0.2, 0.25) is 0 Å². The maximum absolute atomic E-state index is 14.5. The van der Waals surface area contributed by atoms with Crippen molar-refractivity contribution in [1.82, 2.24) is 9.88 Å². The SMILES string of the molecule is COc1cc(NC(=O)N2CCC(c3ncc(CC(O)CO)cc3F)=CC2=O)ccc1C(F)(F)F. The summed E-state index contributed by atoms with van der Waals surface area (Å²) < 4.78 is 58.2. The average molecular weight is 483 g/mol. The van der Waals surface area contributed by atoms with Crippen molar-refractivity contribution in [3.8, 4) is 5.75 Å². The number of amides is 3. The topological polar surface area (TPSA) is 112 Å². The van der Waals surface area contributed by atoms with E-state index in [1.54, 1.807) is 0 Å². The van der Waals surface area contributed by atoms with Gasteiger partial charge in [0.1, 0.15) is 17.3 Å². The van der Waals surface area contributed by atoms with Crippen LogP contribution in [0, 0.1) is 5.82 Å². The molecule has 0 aliphatic carbocycles. The van der Waals surface area contributed by atoms with Crippen molar-refractivity contribution >= 4 is 23.2 Å². The highest BCUT2D eigenvalue weighted by molar-refractivity contribution is 6.08. The number of anilines is 1. The zero-order chi connectivity index (χ0) is 25.0. The van der Waals surface area contributed by atoms with Crippen molar-refractivity contribution in [2.45, 2.75) is 25.1 Å². The van der Waals surface area contributed by atoms with Gasteiger partial charge in [0, 0.05) is 37.0 Å². The molecule has 1 atom stereocenters. The number of pyridine rings is 1. The fourth-order valence-electron chi connectivity index (χ4n) is 3.39. The van der Waals surface area contributed by atoms with E-state index in [1.807, 2.05) is 0 Å². The standard InChI is InChI=1S/C22H21F4N3O5/c1-34-18-9-14(2-3-16(18)22(24,25)26)28-21(33)29-5-4-13(8-19(29)32)20-17(23)7-12(10-27-20)6-15(31)11-30/h2-3,7-10,15,30-31H,4-6,11H2,1H3,(H,28,33). The number of benzene rings is 1. The highest BCUT2D eigenvalue weighted by Crippen LogP contribution is 2.37. The monoisotopic (exact) mass is 483 g/mol. The van der Waals surface area contributed by atoms with Crippen LogP contribution in [0.15, 0.2) is 36.5 Å². The molecule has 12 heteroatoms. The minimum atomic E-state index is -4.64. The number of rotatable bonds is 6. The zero-order valence-electron chi connectivity index (χ0n) is 17.9. The highest BCUT2D eigenvalue weighted by atomic mass is 19.4. The molecular weight excluding hydrogens is 462 g/mol. The third-order valence-electron chi connectivity index (χ3n) is 5.06. The van der Waals surface area contributed by atoms with E-state index in [4.69, 9.17) is 9.84 Å². The van der Waals surface area contributed by atoms with Crippen molar-refractivity contribution in [1.29, 1.82) is 0 Å². The highest BCUT2D eigenvalue weighted by Gasteiger charge is 2.34. The number of hydrogen-bond acceptors (Lipinski definition) is 6. The smallest absolute Gasteiger partial charge is 0.419 e. The summed E-state index contributed by atoms with van der Waals surface area (Å²) in [5, 5.41) is 20.7. The first-order valence-corrected chi connectivity index (χ1v) is 10.1. The molecule has 1 aliphatic rings. The fraction of sp³-hybridized carbons (Fsp3) is 0.318. The van der Waals surface area contributed by atoms with Gasteiger partial charge >= 0.3 is 12.2 Å². The Balaban J connectivity index is 1.72. The minimum Gasteiger partial charge on any atom is -0.496 e. The summed E-state index contributed by atoms with van der Waals surface area (Å²) in [4.78, 5) is 29.8. The van der Waals surface area contributed by atoms with Gasteiger partial charge in [-0.1, -0.05) is 0 Å². The molecule has 0 saturated carbocycles. The Morgan fingerprint density at radius 3 is 2.65 bits per heavy atom. The van der Waals surface area contributed by atoms with E-state index in [1.165, 1.54) is 6.20 Å². The molecule has 0 saturated heterocycles. The number of carbonyl (C=O) groups excluding carboxylic acids is 2. The Labute approximate surface area is 191 Å². The van der Waals surface area contributed by atoms with Crippen molar-refractivity contribution in [2.24, 2.45) is 0 Å². The molecular formula is C22H21F4N3O5. The summed E-state index contributed by atoms with van der Waals surface area (Å²) in [5.41, 5.74) is -0.481. The van der Waals surface area contributed by atoms with Crippen molar-refractivity contribution < 1.29 is 42.1 Å². The van der Waals surface area contributed by atoms with Gasteiger partial charge in [-0.25, -0.2) is 9.18 Å². The molecule has 8 nitrogen and oxygen atoms in total. The molecule has 3 N–H and O–H groups in total. The second-order valence-electron chi connectivity index (χ2n) is 7.47. The Bertz CT molecular complexity index is 1120. The summed E-state index contributed by atoms with van der Waals surface area (Å²) in [7, 11) is 1.06. The van der Waals surface area contributed by atoms with Gasteiger partial charge in [0.05, 0.1) is 25.4 Å². The molecule has 2 aromatic rings. The third kappa shape index (κ3) is 5.69. The number of carbonyl (C=O) groups is 2. The lowest BCUT2D eigenvalue weighted by Crippen LogP contribution is -2.41. The summed E-state index contributed by atoms with van der Waals surface area (Å²) in [6.45, 7) is -0.597. The second kappa shape index (κ2) is 10.2. The normalized spacial score (nSPS) is 15.1. The first-order chi connectivity index (χ1) is 16.0. The molecule has 1 aromatic carbocycles. The lowest BCUT2D eigenvalue weighted by atomic mass is 10.0. The second-order valence-corrected chi connectivity index (χ2v) is 7.47. The molecule has 2 heterocycles. The molecule has 0 radical (unpaired) electrons. The van der Waals surface area contributed by atoms with Crippen molar-refractivity contribution in [2.75, 3.05) is 25.6 Å². The van der Waals surface area contributed by atoms with Gasteiger partial charge in [-0.2, -0.15) is 13.2 Å². The van der Waals surface area contributed by atoms with Crippen LogP contribution in [0.25, 0.3) is 5.57 Å². The summed E-state index contributed by atoms with van der Waals surface area (Å²) >= 11 is 0. The van der Waals surface area contributed by atoms with E-state index >= 15 is 0 Å². The van der Waals surface area contributed by atoms with Crippen LogP contribution in [0.1, 0.15) is 23.2 Å². The van der Waals surface area contributed by atoms with E-state index in [-0.39, 0.29) is 36.3 Å². The van der Waals surface area contributed by atoms with Gasteiger partial charge in [0.2, 0.25) is 0 Å². The zero-order valence-corrected chi connectivity index (χ0v) is 17.9. The number of ether oxygens (including phenoxy) is 1. The van der Waals surface area contributed by atoms with E-state index in [0.717, 1.165) is 42.4 Å². The predicted molar refractivity (Wildman–Crippen MR) is 112 cm³/mol. The van der Waals surface area contributed by atoms with Crippen molar-refractivity contribution in [3.63, 3.8) is 0 Å². The first kappa shape index (κ1) is 25.1. The van der Waals surface area contributed by atoms with Crippen LogP contribution >= 0.6 is 0 Å². The number of hydrogen-bond donors (Lipinski definition) is 3. The van der Waals surface area contributed by atoms with Crippen LogP contribution in [0.3, 0.4) is 0 Å². The average Bonchev–Trinajstić information content (AvgIpc) is 2.78.